The minimum absolute atomic E-state index is 0.289. The Labute approximate surface area is 391 Å². The number of carbonyl (C=O) groups is 1. The highest BCUT2D eigenvalue weighted by atomic mass is 16.1. The zero-order valence-electron chi connectivity index (χ0n) is 47.8. The Morgan fingerprint density at radius 1 is 0.183 bits per heavy atom. The van der Waals surface area contributed by atoms with Gasteiger partial charge in [0.15, 0.2) is 0 Å². The average Bonchev–Trinajstić information content (AvgIpc) is 3.27. The Bertz CT molecular complexity index is 334. The second kappa shape index (κ2) is 118. The summed E-state index contributed by atoms with van der Waals surface area (Å²) in [5.74, 6) is 0.289. The van der Waals surface area contributed by atoms with Gasteiger partial charge in [-0.1, -0.05) is 363 Å². The van der Waals surface area contributed by atoms with Crippen molar-refractivity contribution in [1.82, 2.24) is 0 Å². The summed E-state index contributed by atoms with van der Waals surface area (Å²) in [6.07, 6.45) is 51.5. The first kappa shape index (κ1) is 83.3. The molecule has 378 valence electrons. The highest BCUT2D eigenvalue weighted by Crippen LogP contribution is 1.99. The molecule has 0 heterocycles. The summed E-state index contributed by atoms with van der Waals surface area (Å²) in [5, 5.41) is 0. The molecular weight excluding hydrogens is 725 g/mol. The molecule has 0 radical (unpaired) electrons. The quantitative estimate of drug-likeness (QED) is 0.0685. The van der Waals surface area contributed by atoms with Crippen molar-refractivity contribution in [3.8, 4) is 0 Å². The van der Waals surface area contributed by atoms with Crippen LogP contribution in [0.5, 0.6) is 0 Å². The van der Waals surface area contributed by atoms with E-state index in [0.29, 0.717) is 0 Å². The highest BCUT2D eigenvalue weighted by molar-refractivity contribution is 5.75. The van der Waals surface area contributed by atoms with Crippen molar-refractivity contribution in [2.75, 3.05) is 0 Å². The topological polar surface area (TPSA) is 17.1 Å². The van der Waals surface area contributed by atoms with Crippen LogP contribution in [0.25, 0.3) is 0 Å². The number of hydrogen-bond acceptors (Lipinski definition) is 1. The van der Waals surface area contributed by atoms with Gasteiger partial charge >= 0.3 is 0 Å². The average molecular weight is 862 g/mol. The summed E-state index contributed by atoms with van der Waals surface area (Å²) >= 11 is 0. The molecule has 0 unspecified atom stereocenters. The smallest absolute Gasteiger partial charge is 0.129 e. The zero-order chi connectivity index (χ0) is 48.4. The molecule has 0 aromatic carbocycles. The molecule has 60 heavy (non-hydrogen) atoms. The summed E-state index contributed by atoms with van der Waals surface area (Å²) in [5.41, 5.74) is 0. The van der Waals surface area contributed by atoms with Gasteiger partial charge in [0.25, 0.3) is 0 Å². The van der Waals surface area contributed by atoms with E-state index in [9.17, 15) is 4.79 Å². The molecule has 0 aliphatic heterocycles. The zero-order valence-corrected chi connectivity index (χ0v) is 47.8. The molecule has 0 fully saturated rings. The van der Waals surface area contributed by atoms with Crippen LogP contribution in [0.15, 0.2) is 0 Å². The van der Waals surface area contributed by atoms with Crippen LogP contribution in [0.1, 0.15) is 382 Å². The maximum absolute atomic E-state index is 10.0. The molecule has 1 heteroatoms. The predicted octanol–water partition coefficient (Wildman–Crippen LogP) is 24.7. The Kier molecular flexibility index (Phi) is 164. The van der Waals surface area contributed by atoms with Crippen LogP contribution in [0.4, 0.5) is 0 Å². The van der Waals surface area contributed by atoms with E-state index in [1.807, 2.05) is 6.92 Å². The lowest BCUT2D eigenvalue weighted by Gasteiger charge is -1.86. The van der Waals surface area contributed by atoms with Gasteiger partial charge in [0.1, 0.15) is 5.78 Å². The molecule has 0 aromatic rings. The van der Waals surface area contributed by atoms with E-state index in [2.05, 4.69) is 125 Å². The van der Waals surface area contributed by atoms with Crippen LogP contribution in [0.2, 0.25) is 0 Å². The maximum atomic E-state index is 10.0. The summed E-state index contributed by atoms with van der Waals surface area (Å²) in [6, 6.07) is 0. The lowest BCUT2D eigenvalue weighted by atomic mass is 10.2. The molecule has 0 saturated carbocycles. The van der Waals surface area contributed by atoms with Gasteiger partial charge in [0.2, 0.25) is 0 Å². The van der Waals surface area contributed by atoms with Gasteiger partial charge in [-0.25, -0.2) is 0 Å². The summed E-state index contributed by atoms with van der Waals surface area (Å²) in [6.45, 7) is 43.8. The summed E-state index contributed by atoms with van der Waals surface area (Å²) in [4.78, 5) is 10.0. The minimum Gasteiger partial charge on any atom is -0.300 e. The van der Waals surface area contributed by atoms with E-state index < -0.39 is 0 Å². The number of unbranched alkanes of at least 4 members (excludes halogenated alkanes) is 27. The van der Waals surface area contributed by atoms with Crippen LogP contribution < -0.4 is 0 Å². The molecule has 0 rings (SSSR count). The fraction of sp³-hybridized carbons (Fsp3) is 0.983. The number of hydrogen-bond donors (Lipinski definition) is 0. The third-order valence-corrected chi connectivity index (χ3v) is 9.22. The third kappa shape index (κ3) is 210. The van der Waals surface area contributed by atoms with Crippen LogP contribution >= 0.6 is 0 Å². The molecule has 0 saturated heterocycles. The van der Waals surface area contributed by atoms with Gasteiger partial charge in [0.05, 0.1) is 0 Å². The number of ketones is 1. The normalized spacial score (nSPS) is 8.93. The number of carbonyl (C=O) groups excluding carboxylic acids is 1. The Morgan fingerprint density at radius 2 is 0.267 bits per heavy atom. The predicted molar refractivity (Wildman–Crippen MR) is 294 cm³/mol. The summed E-state index contributed by atoms with van der Waals surface area (Å²) < 4.78 is 0. The molecule has 0 aliphatic rings. The first-order valence-electron chi connectivity index (χ1n) is 28.5. The van der Waals surface area contributed by atoms with Crippen molar-refractivity contribution in [3.05, 3.63) is 0 Å². The maximum Gasteiger partial charge on any atom is 0.129 e. The van der Waals surface area contributed by atoms with Crippen molar-refractivity contribution in [3.63, 3.8) is 0 Å². The van der Waals surface area contributed by atoms with Crippen LogP contribution in [-0.2, 0) is 4.79 Å². The first-order chi connectivity index (χ1) is 29.0. The highest BCUT2D eigenvalue weighted by Gasteiger charge is 1.84. The van der Waals surface area contributed by atoms with E-state index in [-0.39, 0.29) is 5.78 Å². The molecule has 0 spiro atoms. The fourth-order valence-corrected chi connectivity index (χ4v) is 4.85. The lowest BCUT2D eigenvalue weighted by Crippen LogP contribution is -1.84. The minimum atomic E-state index is 0.289. The van der Waals surface area contributed by atoms with Gasteiger partial charge in [-0.15, -0.1) is 0 Å². The first-order valence-corrected chi connectivity index (χ1v) is 28.5. The lowest BCUT2D eigenvalue weighted by molar-refractivity contribution is -0.117. The van der Waals surface area contributed by atoms with E-state index in [1.54, 1.807) is 6.92 Å². The van der Waals surface area contributed by atoms with Gasteiger partial charge in [-0.05, 0) is 13.3 Å². The monoisotopic (exact) mass is 861 g/mol. The standard InChI is InChI=1S/9C6H14.C5H10O/c9*1-3-5-6-4-2;1-3-4-5(2)6/h9*3-6H2,1-2H3;3-4H2,1-2H3. The largest absolute Gasteiger partial charge is 0.300 e. The van der Waals surface area contributed by atoms with Crippen molar-refractivity contribution < 1.29 is 4.79 Å². The van der Waals surface area contributed by atoms with E-state index in [1.165, 1.54) is 231 Å². The van der Waals surface area contributed by atoms with Gasteiger partial charge in [0, 0.05) is 6.42 Å². The van der Waals surface area contributed by atoms with Gasteiger partial charge < -0.3 is 4.79 Å². The van der Waals surface area contributed by atoms with Gasteiger partial charge in [-0.2, -0.15) is 0 Å². The Hall–Kier alpha value is -0.330. The van der Waals surface area contributed by atoms with Crippen molar-refractivity contribution in [1.29, 1.82) is 0 Å². The third-order valence-electron chi connectivity index (χ3n) is 9.22. The fourth-order valence-electron chi connectivity index (χ4n) is 4.85. The van der Waals surface area contributed by atoms with Crippen LogP contribution in [0.3, 0.4) is 0 Å². The molecule has 0 atom stereocenters. The van der Waals surface area contributed by atoms with Gasteiger partial charge in [-0.3, -0.25) is 0 Å². The van der Waals surface area contributed by atoms with E-state index in [4.69, 9.17) is 0 Å². The Morgan fingerprint density at radius 3 is 0.283 bits per heavy atom. The van der Waals surface area contributed by atoms with Crippen LogP contribution in [-0.4, -0.2) is 5.78 Å². The second-order valence-electron chi connectivity index (χ2n) is 16.8. The molecule has 0 N–H and O–H groups in total. The number of Topliss-reactive ketones (excluding diaryl/α,β-unsaturated/α-hetero) is 1. The van der Waals surface area contributed by atoms with E-state index in [0.717, 1.165) is 12.8 Å². The second-order valence-corrected chi connectivity index (χ2v) is 16.8. The molecule has 0 aliphatic carbocycles. The van der Waals surface area contributed by atoms with E-state index >= 15 is 0 Å². The van der Waals surface area contributed by atoms with Crippen molar-refractivity contribution in [2.45, 2.75) is 382 Å². The van der Waals surface area contributed by atoms with Crippen molar-refractivity contribution in [2.24, 2.45) is 0 Å². The molecule has 1 nitrogen and oxygen atoms in total. The van der Waals surface area contributed by atoms with Crippen LogP contribution in [0, 0.1) is 0 Å². The molecular formula is C59H136O. The SMILES string of the molecule is CCCC(C)=O.CCCCCC.CCCCCC.CCCCCC.CCCCCC.CCCCCC.CCCCCC.CCCCCC.CCCCCC.CCCCCC. The number of rotatable bonds is 29. The summed E-state index contributed by atoms with van der Waals surface area (Å²) in [7, 11) is 0. The molecule has 0 amide bonds. The molecule has 0 bridgehead atoms. The molecule has 0 aromatic heterocycles. The Balaban J connectivity index is -0.0000000579. The van der Waals surface area contributed by atoms with Crippen molar-refractivity contribution >= 4 is 5.78 Å².